The van der Waals surface area contributed by atoms with Crippen LogP contribution in [-0.2, 0) is 0 Å². The van der Waals surface area contributed by atoms with E-state index in [4.69, 9.17) is 5.26 Å². The largest absolute Gasteiger partial charge is 0.335 e. The number of anilines is 1. The van der Waals surface area contributed by atoms with Gasteiger partial charge in [0, 0.05) is 11.7 Å². The summed E-state index contributed by atoms with van der Waals surface area (Å²) in [5.74, 6) is 0. The molecule has 2 rings (SSSR count). The molecule has 0 aromatic heterocycles. The van der Waals surface area contributed by atoms with E-state index in [-0.39, 0.29) is 6.03 Å². The van der Waals surface area contributed by atoms with Gasteiger partial charge >= 0.3 is 6.03 Å². The van der Waals surface area contributed by atoms with E-state index in [1.165, 1.54) is 6.42 Å². The summed E-state index contributed by atoms with van der Waals surface area (Å²) >= 11 is 0. The molecule has 1 aromatic carbocycles. The molecular weight excluding hydrogens is 202 g/mol. The molecule has 4 nitrogen and oxygen atoms in total. The number of urea groups is 1. The maximum Gasteiger partial charge on any atom is 0.319 e. The predicted molar refractivity (Wildman–Crippen MR) is 61.0 cm³/mol. The fourth-order valence-electron chi connectivity index (χ4n) is 1.57. The van der Waals surface area contributed by atoms with Crippen LogP contribution in [0.3, 0.4) is 0 Å². The van der Waals surface area contributed by atoms with Gasteiger partial charge in [0.05, 0.1) is 11.6 Å². The minimum atomic E-state index is -0.195. The van der Waals surface area contributed by atoms with Crippen LogP contribution in [0.25, 0.3) is 0 Å². The molecule has 0 atom stereocenters. The zero-order chi connectivity index (χ0) is 11.4. The Hall–Kier alpha value is -2.02. The number of rotatable bonds is 2. The maximum atomic E-state index is 11.5. The fourth-order valence-corrected chi connectivity index (χ4v) is 1.57. The highest BCUT2D eigenvalue weighted by Gasteiger charge is 2.19. The molecule has 1 fully saturated rings. The molecule has 1 aliphatic rings. The Morgan fingerprint density at radius 3 is 2.88 bits per heavy atom. The molecule has 16 heavy (non-hydrogen) atoms. The quantitative estimate of drug-likeness (QED) is 0.794. The van der Waals surface area contributed by atoms with Crippen molar-refractivity contribution < 1.29 is 4.79 Å². The van der Waals surface area contributed by atoms with Gasteiger partial charge in [0.25, 0.3) is 0 Å². The highest BCUT2D eigenvalue weighted by Crippen LogP contribution is 2.18. The SMILES string of the molecule is N#Cc1cccc(NC(=O)NC2CCC2)c1. The first-order valence-electron chi connectivity index (χ1n) is 5.35. The van der Waals surface area contributed by atoms with Gasteiger partial charge < -0.3 is 10.6 Å². The molecule has 0 spiro atoms. The van der Waals surface area contributed by atoms with Gasteiger partial charge in [-0.1, -0.05) is 6.07 Å². The van der Waals surface area contributed by atoms with Crippen molar-refractivity contribution in [2.45, 2.75) is 25.3 Å². The first-order valence-corrected chi connectivity index (χ1v) is 5.35. The summed E-state index contributed by atoms with van der Waals surface area (Å²) in [5.41, 5.74) is 1.19. The molecule has 82 valence electrons. The van der Waals surface area contributed by atoms with Gasteiger partial charge in [0.2, 0.25) is 0 Å². The van der Waals surface area contributed by atoms with Gasteiger partial charge in [0.1, 0.15) is 0 Å². The number of nitrogens with one attached hydrogen (secondary N) is 2. The Balaban J connectivity index is 1.92. The number of amides is 2. The molecule has 0 unspecified atom stereocenters. The van der Waals surface area contributed by atoms with Crippen molar-refractivity contribution >= 4 is 11.7 Å². The third-order valence-electron chi connectivity index (χ3n) is 2.69. The second-order valence-corrected chi connectivity index (χ2v) is 3.92. The number of carbonyl (C=O) groups excluding carboxylic acids is 1. The number of carbonyl (C=O) groups is 1. The molecule has 0 saturated heterocycles. The summed E-state index contributed by atoms with van der Waals surface area (Å²) in [5, 5.41) is 14.3. The van der Waals surface area contributed by atoms with Crippen molar-refractivity contribution in [2.75, 3.05) is 5.32 Å². The summed E-state index contributed by atoms with van der Waals surface area (Å²) in [6.07, 6.45) is 3.31. The average Bonchev–Trinajstić information content (AvgIpc) is 2.24. The zero-order valence-electron chi connectivity index (χ0n) is 8.86. The lowest BCUT2D eigenvalue weighted by atomic mass is 9.93. The summed E-state index contributed by atoms with van der Waals surface area (Å²) in [6.45, 7) is 0. The molecule has 0 aliphatic heterocycles. The van der Waals surface area contributed by atoms with Crippen LogP contribution in [0.4, 0.5) is 10.5 Å². The molecule has 0 radical (unpaired) electrons. The standard InChI is InChI=1S/C12H13N3O/c13-8-9-3-1-6-11(7-9)15-12(16)14-10-4-2-5-10/h1,3,6-7,10H,2,4-5H2,(H2,14,15,16). The Morgan fingerprint density at radius 2 is 2.25 bits per heavy atom. The summed E-state index contributed by atoms with van der Waals surface area (Å²) in [4.78, 5) is 11.5. The van der Waals surface area contributed by atoms with Gasteiger partial charge in [-0.25, -0.2) is 4.79 Å². The van der Waals surface area contributed by atoms with Gasteiger partial charge in [-0.15, -0.1) is 0 Å². The van der Waals surface area contributed by atoms with E-state index in [9.17, 15) is 4.79 Å². The number of hydrogen-bond donors (Lipinski definition) is 2. The van der Waals surface area contributed by atoms with Crippen LogP contribution in [-0.4, -0.2) is 12.1 Å². The molecule has 2 amide bonds. The molecule has 2 N–H and O–H groups in total. The van der Waals surface area contributed by atoms with E-state index in [0.717, 1.165) is 12.8 Å². The molecule has 1 aromatic rings. The van der Waals surface area contributed by atoms with Crippen molar-refractivity contribution in [3.63, 3.8) is 0 Å². The molecule has 0 heterocycles. The highest BCUT2D eigenvalue weighted by atomic mass is 16.2. The van der Waals surface area contributed by atoms with Gasteiger partial charge in [-0.05, 0) is 37.5 Å². The van der Waals surface area contributed by atoms with E-state index in [0.29, 0.717) is 17.3 Å². The Labute approximate surface area is 94.3 Å². The first-order chi connectivity index (χ1) is 7.78. The molecule has 0 bridgehead atoms. The third kappa shape index (κ3) is 2.51. The van der Waals surface area contributed by atoms with E-state index >= 15 is 0 Å². The van der Waals surface area contributed by atoms with Crippen LogP contribution >= 0.6 is 0 Å². The lowest BCUT2D eigenvalue weighted by Crippen LogP contribution is -2.41. The van der Waals surface area contributed by atoms with Crippen molar-refractivity contribution in [3.05, 3.63) is 29.8 Å². The first kappa shape index (κ1) is 10.5. The number of hydrogen-bond acceptors (Lipinski definition) is 2. The Morgan fingerprint density at radius 1 is 1.44 bits per heavy atom. The van der Waals surface area contributed by atoms with Crippen LogP contribution in [0, 0.1) is 11.3 Å². The molecule has 4 heteroatoms. The monoisotopic (exact) mass is 215 g/mol. The average molecular weight is 215 g/mol. The maximum absolute atomic E-state index is 11.5. The van der Waals surface area contributed by atoms with E-state index in [2.05, 4.69) is 10.6 Å². The summed E-state index contributed by atoms with van der Waals surface area (Å²) in [6, 6.07) is 9.03. The van der Waals surface area contributed by atoms with Crippen LogP contribution < -0.4 is 10.6 Å². The van der Waals surface area contributed by atoms with Crippen LogP contribution in [0.2, 0.25) is 0 Å². The van der Waals surface area contributed by atoms with Crippen LogP contribution in [0.1, 0.15) is 24.8 Å². The van der Waals surface area contributed by atoms with Crippen molar-refractivity contribution in [1.29, 1.82) is 5.26 Å². The second-order valence-electron chi connectivity index (χ2n) is 3.92. The van der Waals surface area contributed by atoms with E-state index in [1.54, 1.807) is 24.3 Å². The third-order valence-corrected chi connectivity index (χ3v) is 2.69. The highest BCUT2D eigenvalue weighted by molar-refractivity contribution is 5.89. The van der Waals surface area contributed by atoms with Crippen molar-refractivity contribution in [1.82, 2.24) is 5.32 Å². The Kier molecular flexibility index (Phi) is 3.06. The minimum Gasteiger partial charge on any atom is -0.335 e. The fraction of sp³-hybridized carbons (Fsp3) is 0.333. The molecule has 1 aliphatic carbocycles. The lowest BCUT2D eigenvalue weighted by Gasteiger charge is -2.26. The summed E-state index contributed by atoms with van der Waals surface area (Å²) < 4.78 is 0. The van der Waals surface area contributed by atoms with E-state index in [1.807, 2.05) is 6.07 Å². The number of benzene rings is 1. The molecule has 1 saturated carbocycles. The van der Waals surface area contributed by atoms with Crippen molar-refractivity contribution in [2.24, 2.45) is 0 Å². The lowest BCUT2D eigenvalue weighted by molar-refractivity contribution is 0.240. The number of nitrogens with zero attached hydrogens (tertiary/aromatic N) is 1. The van der Waals surface area contributed by atoms with Crippen molar-refractivity contribution in [3.8, 4) is 6.07 Å². The normalized spacial score (nSPS) is 14.7. The van der Waals surface area contributed by atoms with Gasteiger partial charge in [0.15, 0.2) is 0 Å². The zero-order valence-corrected chi connectivity index (χ0v) is 8.86. The van der Waals surface area contributed by atoms with Crippen LogP contribution in [0.5, 0.6) is 0 Å². The number of nitriles is 1. The van der Waals surface area contributed by atoms with E-state index < -0.39 is 0 Å². The predicted octanol–water partition coefficient (Wildman–Crippen LogP) is 2.23. The topological polar surface area (TPSA) is 64.9 Å². The van der Waals surface area contributed by atoms with Gasteiger partial charge in [-0.2, -0.15) is 5.26 Å². The smallest absolute Gasteiger partial charge is 0.319 e. The summed E-state index contributed by atoms with van der Waals surface area (Å²) in [7, 11) is 0. The van der Waals surface area contributed by atoms with Crippen LogP contribution in [0.15, 0.2) is 24.3 Å². The second kappa shape index (κ2) is 4.67. The Bertz CT molecular complexity index is 432. The van der Waals surface area contributed by atoms with Gasteiger partial charge in [-0.3, -0.25) is 0 Å². The molecular formula is C12H13N3O. The minimum absolute atomic E-state index is 0.195.